The zero-order valence-electron chi connectivity index (χ0n) is 10.8. The fourth-order valence-corrected chi connectivity index (χ4v) is 2.74. The monoisotopic (exact) mass is 402 g/mol. The van der Waals surface area contributed by atoms with Gasteiger partial charge in [-0.1, -0.05) is 22.9 Å². The van der Waals surface area contributed by atoms with Crippen molar-refractivity contribution >= 4 is 31.9 Å². The van der Waals surface area contributed by atoms with Gasteiger partial charge in [0.05, 0.1) is 10.7 Å². The molecule has 0 atom stereocenters. The molecule has 106 valence electrons. The van der Waals surface area contributed by atoms with Crippen molar-refractivity contribution in [3.05, 3.63) is 50.8 Å². The molecule has 0 aliphatic heterocycles. The summed E-state index contributed by atoms with van der Waals surface area (Å²) < 4.78 is 20.8. The van der Waals surface area contributed by atoms with Crippen LogP contribution in [0.2, 0.25) is 0 Å². The van der Waals surface area contributed by atoms with E-state index < -0.39 is 0 Å². The predicted octanol–water partition coefficient (Wildman–Crippen LogP) is 4.65. The van der Waals surface area contributed by atoms with Crippen LogP contribution in [0.5, 0.6) is 11.6 Å². The van der Waals surface area contributed by atoms with Crippen LogP contribution in [0.1, 0.15) is 12.5 Å². The highest BCUT2D eigenvalue weighted by Crippen LogP contribution is 2.32. The lowest BCUT2D eigenvalue weighted by Crippen LogP contribution is -2.13. The number of hydrogen-bond acceptors (Lipinski definition) is 3. The molecule has 0 unspecified atom stereocenters. The molecular weight excluding hydrogens is 391 g/mol. The van der Waals surface area contributed by atoms with Gasteiger partial charge in [-0.05, 0) is 46.7 Å². The number of rotatable bonds is 5. The second kappa shape index (κ2) is 7.15. The summed E-state index contributed by atoms with van der Waals surface area (Å²) in [4.78, 5) is 4.02. The van der Waals surface area contributed by atoms with Crippen molar-refractivity contribution in [2.45, 2.75) is 13.5 Å². The van der Waals surface area contributed by atoms with Gasteiger partial charge in [0.15, 0.2) is 0 Å². The maximum Gasteiger partial charge on any atom is 0.223 e. The quantitative estimate of drug-likeness (QED) is 0.789. The van der Waals surface area contributed by atoms with Crippen molar-refractivity contribution in [3.63, 3.8) is 0 Å². The van der Waals surface area contributed by atoms with Crippen LogP contribution in [-0.4, -0.2) is 11.5 Å². The van der Waals surface area contributed by atoms with E-state index in [0.717, 1.165) is 21.7 Å². The summed E-state index contributed by atoms with van der Waals surface area (Å²) in [6.07, 6.45) is 1.15. The van der Waals surface area contributed by atoms with E-state index in [1.807, 2.05) is 25.1 Å². The highest BCUT2D eigenvalue weighted by atomic mass is 79.9. The van der Waals surface area contributed by atoms with Crippen LogP contribution < -0.4 is 10.1 Å². The van der Waals surface area contributed by atoms with Gasteiger partial charge in [0.2, 0.25) is 5.88 Å². The third-order valence-corrected chi connectivity index (χ3v) is 3.67. The SMILES string of the molecule is CCNCc1cc(F)cnc1Oc1ccc(Br)cc1Br. The number of halogens is 3. The van der Waals surface area contributed by atoms with Gasteiger partial charge >= 0.3 is 0 Å². The summed E-state index contributed by atoms with van der Waals surface area (Å²) in [6, 6.07) is 6.99. The number of hydrogen-bond donors (Lipinski definition) is 1. The summed E-state index contributed by atoms with van der Waals surface area (Å²) in [6.45, 7) is 3.28. The molecule has 1 heterocycles. The normalized spacial score (nSPS) is 10.6. The summed E-state index contributed by atoms with van der Waals surface area (Å²) >= 11 is 6.80. The Hall–Kier alpha value is -0.980. The molecular formula is C14H13Br2FN2O. The minimum Gasteiger partial charge on any atom is -0.438 e. The Balaban J connectivity index is 2.27. The number of nitrogens with one attached hydrogen (secondary N) is 1. The van der Waals surface area contributed by atoms with Crippen LogP contribution in [0.3, 0.4) is 0 Å². The first-order valence-corrected chi connectivity index (χ1v) is 7.66. The average molecular weight is 404 g/mol. The molecule has 0 radical (unpaired) electrons. The molecule has 1 N–H and O–H groups in total. The first-order valence-electron chi connectivity index (χ1n) is 6.08. The highest BCUT2D eigenvalue weighted by molar-refractivity contribution is 9.11. The van der Waals surface area contributed by atoms with Crippen LogP contribution in [0.4, 0.5) is 4.39 Å². The van der Waals surface area contributed by atoms with E-state index in [1.165, 1.54) is 6.07 Å². The van der Waals surface area contributed by atoms with Crippen LogP contribution in [0.25, 0.3) is 0 Å². The number of nitrogens with zero attached hydrogens (tertiary/aromatic N) is 1. The van der Waals surface area contributed by atoms with E-state index in [4.69, 9.17) is 4.74 Å². The predicted molar refractivity (Wildman–Crippen MR) is 83.5 cm³/mol. The molecule has 0 fully saturated rings. The lowest BCUT2D eigenvalue weighted by atomic mass is 10.2. The zero-order valence-corrected chi connectivity index (χ0v) is 14.0. The molecule has 0 saturated carbocycles. The van der Waals surface area contributed by atoms with Crippen molar-refractivity contribution in [2.24, 2.45) is 0 Å². The molecule has 0 amide bonds. The molecule has 0 spiro atoms. The molecule has 3 nitrogen and oxygen atoms in total. The third kappa shape index (κ3) is 4.01. The van der Waals surface area contributed by atoms with Gasteiger partial charge < -0.3 is 10.1 Å². The van der Waals surface area contributed by atoms with Gasteiger partial charge in [0, 0.05) is 16.6 Å². The zero-order chi connectivity index (χ0) is 14.5. The smallest absolute Gasteiger partial charge is 0.223 e. The van der Waals surface area contributed by atoms with Crippen molar-refractivity contribution in [3.8, 4) is 11.6 Å². The average Bonchev–Trinajstić information content (AvgIpc) is 2.41. The van der Waals surface area contributed by atoms with Gasteiger partial charge in [0.1, 0.15) is 11.6 Å². The van der Waals surface area contributed by atoms with Gasteiger partial charge in [-0.25, -0.2) is 9.37 Å². The fourth-order valence-electron chi connectivity index (χ4n) is 1.61. The van der Waals surface area contributed by atoms with Crippen LogP contribution in [0, 0.1) is 5.82 Å². The lowest BCUT2D eigenvalue weighted by Gasteiger charge is -2.11. The Morgan fingerprint density at radius 3 is 2.80 bits per heavy atom. The van der Waals surface area contributed by atoms with Gasteiger partial charge in [-0.15, -0.1) is 0 Å². The molecule has 20 heavy (non-hydrogen) atoms. The molecule has 2 rings (SSSR count). The van der Waals surface area contributed by atoms with E-state index in [0.29, 0.717) is 23.7 Å². The van der Waals surface area contributed by atoms with Gasteiger partial charge in [0.25, 0.3) is 0 Å². The molecule has 0 bridgehead atoms. The fraction of sp³-hybridized carbons (Fsp3) is 0.214. The van der Waals surface area contributed by atoms with Gasteiger partial charge in [-0.3, -0.25) is 0 Å². The first kappa shape index (κ1) is 15.4. The Kier molecular flexibility index (Phi) is 5.51. The number of benzene rings is 1. The maximum atomic E-state index is 13.3. The van der Waals surface area contributed by atoms with E-state index >= 15 is 0 Å². The van der Waals surface area contributed by atoms with Crippen molar-refractivity contribution in [1.29, 1.82) is 0 Å². The third-order valence-electron chi connectivity index (χ3n) is 2.56. The van der Waals surface area contributed by atoms with E-state index in [-0.39, 0.29) is 5.82 Å². The standard InChI is InChI=1S/C14H13Br2FN2O/c1-2-18-7-9-5-11(17)8-19-14(9)20-13-4-3-10(15)6-12(13)16/h3-6,8,18H,2,7H2,1H3. The maximum absolute atomic E-state index is 13.3. The molecule has 1 aromatic heterocycles. The summed E-state index contributed by atoms with van der Waals surface area (Å²) in [5.41, 5.74) is 0.682. The van der Waals surface area contributed by atoms with E-state index in [2.05, 4.69) is 42.2 Å². The second-order valence-corrected chi connectivity index (χ2v) is 5.84. The van der Waals surface area contributed by atoms with Crippen molar-refractivity contribution in [2.75, 3.05) is 6.54 Å². The first-order chi connectivity index (χ1) is 9.60. The van der Waals surface area contributed by atoms with Gasteiger partial charge in [-0.2, -0.15) is 0 Å². The number of aromatic nitrogens is 1. The largest absolute Gasteiger partial charge is 0.438 e. The van der Waals surface area contributed by atoms with Crippen LogP contribution in [0.15, 0.2) is 39.4 Å². The minimum absolute atomic E-state index is 0.375. The molecule has 1 aromatic carbocycles. The molecule has 0 saturated heterocycles. The minimum atomic E-state index is -0.375. The van der Waals surface area contributed by atoms with Crippen molar-refractivity contribution < 1.29 is 9.13 Å². The Labute approximate surface area is 133 Å². The Bertz CT molecular complexity index is 608. The number of ether oxygens (including phenoxy) is 1. The summed E-state index contributed by atoms with van der Waals surface area (Å²) in [5, 5.41) is 3.14. The summed E-state index contributed by atoms with van der Waals surface area (Å²) in [5.74, 6) is 0.653. The van der Waals surface area contributed by atoms with E-state index in [9.17, 15) is 4.39 Å². The Morgan fingerprint density at radius 2 is 2.10 bits per heavy atom. The van der Waals surface area contributed by atoms with Crippen LogP contribution >= 0.6 is 31.9 Å². The molecule has 0 aliphatic carbocycles. The summed E-state index contributed by atoms with van der Waals surface area (Å²) in [7, 11) is 0. The lowest BCUT2D eigenvalue weighted by molar-refractivity contribution is 0.446. The second-order valence-electron chi connectivity index (χ2n) is 4.07. The number of pyridine rings is 1. The molecule has 6 heteroatoms. The topological polar surface area (TPSA) is 34.2 Å². The van der Waals surface area contributed by atoms with E-state index in [1.54, 1.807) is 0 Å². The highest BCUT2D eigenvalue weighted by Gasteiger charge is 2.10. The molecule has 0 aliphatic rings. The van der Waals surface area contributed by atoms with Crippen molar-refractivity contribution in [1.82, 2.24) is 10.3 Å². The Morgan fingerprint density at radius 1 is 1.30 bits per heavy atom. The van der Waals surface area contributed by atoms with Crippen LogP contribution in [-0.2, 0) is 6.54 Å². The molecule has 2 aromatic rings.